The number of likely N-dealkylation sites (tertiary alicyclic amines) is 1. The first-order chi connectivity index (χ1) is 8.93. The largest absolute Gasteiger partial charge is 0.480 e. The van der Waals surface area contributed by atoms with Crippen molar-refractivity contribution in [2.45, 2.75) is 32.2 Å². The molecule has 2 N–H and O–H groups in total. The summed E-state index contributed by atoms with van der Waals surface area (Å²) in [4.78, 5) is 26.8. The van der Waals surface area contributed by atoms with Gasteiger partial charge >= 0.3 is 12.0 Å². The quantitative estimate of drug-likeness (QED) is 0.750. The number of hydrogen-bond donors (Lipinski definition) is 2. The molecule has 0 radical (unpaired) electrons. The molecule has 19 heavy (non-hydrogen) atoms. The fourth-order valence-corrected chi connectivity index (χ4v) is 2.45. The van der Waals surface area contributed by atoms with Gasteiger partial charge in [0, 0.05) is 20.1 Å². The summed E-state index contributed by atoms with van der Waals surface area (Å²) in [5, 5.41) is 11.6. The van der Waals surface area contributed by atoms with Crippen LogP contribution in [-0.4, -0.2) is 66.7 Å². The van der Waals surface area contributed by atoms with Crippen LogP contribution in [0.25, 0.3) is 0 Å². The lowest BCUT2D eigenvalue weighted by Crippen LogP contribution is -2.47. The van der Waals surface area contributed by atoms with Gasteiger partial charge < -0.3 is 20.2 Å². The van der Waals surface area contributed by atoms with E-state index in [1.165, 1.54) is 0 Å². The molecule has 1 heterocycles. The molecule has 0 aromatic heterocycles. The highest BCUT2D eigenvalue weighted by Crippen LogP contribution is 2.15. The third-order valence-electron chi connectivity index (χ3n) is 3.54. The molecular weight excluding hydrogens is 246 g/mol. The predicted molar refractivity (Wildman–Crippen MR) is 73.1 cm³/mol. The van der Waals surface area contributed by atoms with Gasteiger partial charge in [0.05, 0.1) is 0 Å². The van der Waals surface area contributed by atoms with E-state index in [4.69, 9.17) is 5.11 Å². The smallest absolute Gasteiger partial charge is 0.326 e. The summed E-state index contributed by atoms with van der Waals surface area (Å²) in [5.41, 5.74) is 0. The van der Waals surface area contributed by atoms with E-state index in [0.717, 1.165) is 25.9 Å². The normalized spacial score (nSPS) is 21.1. The third-order valence-corrected chi connectivity index (χ3v) is 3.54. The number of rotatable bonds is 6. The summed E-state index contributed by atoms with van der Waals surface area (Å²) < 4.78 is 0. The molecule has 6 nitrogen and oxygen atoms in total. The summed E-state index contributed by atoms with van der Waals surface area (Å²) in [6.45, 7) is 4.64. The number of aliphatic carboxylic acids is 1. The fraction of sp³-hybridized carbons (Fsp3) is 0.846. The van der Waals surface area contributed by atoms with Crippen LogP contribution in [0.3, 0.4) is 0 Å². The summed E-state index contributed by atoms with van der Waals surface area (Å²) in [5.74, 6) is -0.487. The number of hydrogen-bond acceptors (Lipinski definition) is 3. The molecular formula is C13H25N3O3. The molecule has 110 valence electrons. The molecule has 1 aliphatic heterocycles. The number of amides is 2. The van der Waals surface area contributed by atoms with E-state index in [1.54, 1.807) is 11.9 Å². The number of carboxylic acid groups (broad SMARTS) is 1. The van der Waals surface area contributed by atoms with Crippen molar-refractivity contribution in [1.29, 1.82) is 0 Å². The van der Waals surface area contributed by atoms with Crippen molar-refractivity contribution in [3.8, 4) is 0 Å². The van der Waals surface area contributed by atoms with Gasteiger partial charge in [-0.3, -0.25) is 0 Å². The van der Waals surface area contributed by atoms with Crippen molar-refractivity contribution in [3.05, 3.63) is 0 Å². The summed E-state index contributed by atoms with van der Waals surface area (Å²) in [6, 6.07) is -1.08. The van der Waals surface area contributed by atoms with Gasteiger partial charge in [0.25, 0.3) is 0 Å². The van der Waals surface area contributed by atoms with Crippen LogP contribution in [-0.2, 0) is 4.79 Å². The highest BCUT2D eigenvalue weighted by molar-refractivity contribution is 5.82. The number of urea groups is 1. The minimum Gasteiger partial charge on any atom is -0.480 e. The van der Waals surface area contributed by atoms with Crippen LogP contribution in [0, 0.1) is 5.92 Å². The first kappa shape index (κ1) is 15.8. The Labute approximate surface area is 114 Å². The Morgan fingerprint density at radius 3 is 2.68 bits per heavy atom. The second-order valence-electron chi connectivity index (χ2n) is 5.43. The molecule has 1 rings (SSSR count). The van der Waals surface area contributed by atoms with Gasteiger partial charge in [0.2, 0.25) is 0 Å². The van der Waals surface area contributed by atoms with Crippen molar-refractivity contribution in [3.63, 3.8) is 0 Å². The van der Waals surface area contributed by atoms with E-state index in [0.29, 0.717) is 18.9 Å². The summed E-state index contributed by atoms with van der Waals surface area (Å²) in [7, 11) is 3.79. The predicted octanol–water partition coefficient (Wildman–Crippen LogP) is 0.833. The zero-order chi connectivity index (χ0) is 14.4. The van der Waals surface area contributed by atoms with E-state index >= 15 is 0 Å². The monoisotopic (exact) mass is 271 g/mol. The van der Waals surface area contributed by atoms with E-state index in [1.807, 2.05) is 6.92 Å². The molecule has 0 aliphatic carbocycles. The Balaban J connectivity index is 2.40. The van der Waals surface area contributed by atoms with Gasteiger partial charge in [0.1, 0.15) is 6.04 Å². The number of carboxylic acids is 1. The molecule has 1 unspecified atom stereocenters. The Bertz CT molecular complexity index is 322. The lowest BCUT2D eigenvalue weighted by atomic mass is 10.1. The molecule has 0 saturated carbocycles. The van der Waals surface area contributed by atoms with E-state index in [9.17, 15) is 9.59 Å². The average molecular weight is 271 g/mol. The second kappa shape index (κ2) is 7.33. The Hall–Kier alpha value is -1.30. The van der Waals surface area contributed by atoms with Gasteiger partial charge in [-0.05, 0) is 32.4 Å². The maximum Gasteiger partial charge on any atom is 0.326 e. The van der Waals surface area contributed by atoms with Gasteiger partial charge in [-0.1, -0.05) is 13.3 Å². The van der Waals surface area contributed by atoms with Crippen LogP contribution >= 0.6 is 0 Å². The van der Waals surface area contributed by atoms with Crippen LogP contribution < -0.4 is 5.32 Å². The second-order valence-corrected chi connectivity index (χ2v) is 5.43. The van der Waals surface area contributed by atoms with Crippen LogP contribution in [0.5, 0.6) is 0 Å². The van der Waals surface area contributed by atoms with Crippen LogP contribution in [0.2, 0.25) is 0 Å². The fourth-order valence-electron chi connectivity index (χ4n) is 2.45. The highest BCUT2D eigenvalue weighted by atomic mass is 16.4. The standard InChI is InChI=1S/C13H25N3O3/c1-4-5-11(12(17)18)14-13(19)16(3)9-10-6-7-15(2)8-10/h10-11H,4-9H2,1-3H3,(H,14,19)(H,17,18)/t10?,11-/m1/s1. The van der Waals surface area contributed by atoms with E-state index in [2.05, 4.69) is 17.3 Å². The summed E-state index contributed by atoms with van der Waals surface area (Å²) >= 11 is 0. The van der Waals surface area contributed by atoms with E-state index < -0.39 is 12.0 Å². The Morgan fingerprint density at radius 2 is 2.21 bits per heavy atom. The number of carbonyl (C=O) groups is 2. The number of nitrogens with one attached hydrogen (secondary N) is 1. The van der Waals surface area contributed by atoms with Crippen molar-refractivity contribution < 1.29 is 14.7 Å². The topological polar surface area (TPSA) is 72.9 Å². The van der Waals surface area contributed by atoms with Crippen molar-refractivity contribution in [2.24, 2.45) is 5.92 Å². The average Bonchev–Trinajstić information content (AvgIpc) is 2.73. The first-order valence-corrected chi connectivity index (χ1v) is 6.87. The molecule has 2 amide bonds. The maximum atomic E-state index is 11.9. The lowest BCUT2D eigenvalue weighted by Gasteiger charge is -2.23. The minimum atomic E-state index is -0.968. The molecule has 0 spiro atoms. The molecule has 6 heteroatoms. The van der Waals surface area contributed by atoms with Crippen LogP contribution in [0.15, 0.2) is 0 Å². The third kappa shape index (κ3) is 5.06. The maximum absolute atomic E-state index is 11.9. The molecule has 1 fully saturated rings. The Morgan fingerprint density at radius 1 is 1.53 bits per heavy atom. The molecule has 0 bridgehead atoms. The van der Waals surface area contributed by atoms with Gasteiger partial charge in [0.15, 0.2) is 0 Å². The van der Waals surface area contributed by atoms with Gasteiger partial charge in [-0.25, -0.2) is 9.59 Å². The molecule has 0 aromatic rings. The molecule has 1 aliphatic rings. The van der Waals surface area contributed by atoms with Gasteiger partial charge in [-0.2, -0.15) is 0 Å². The summed E-state index contributed by atoms with van der Waals surface area (Å²) in [6.07, 6.45) is 2.28. The SMILES string of the molecule is CCC[C@@H](NC(=O)N(C)CC1CCN(C)C1)C(=O)O. The number of carbonyl (C=O) groups excluding carboxylic acids is 1. The van der Waals surface area contributed by atoms with Crippen molar-refractivity contribution >= 4 is 12.0 Å². The van der Waals surface area contributed by atoms with Crippen molar-refractivity contribution in [1.82, 2.24) is 15.1 Å². The Kier molecular flexibility index (Phi) is 6.08. The van der Waals surface area contributed by atoms with Crippen LogP contribution in [0.1, 0.15) is 26.2 Å². The molecule has 2 atom stereocenters. The van der Waals surface area contributed by atoms with Gasteiger partial charge in [-0.15, -0.1) is 0 Å². The lowest BCUT2D eigenvalue weighted by molar-refractivity contribution is -0.139. The first-order valence-electron chi connectivity index (χ1n) is 6.87. The van der Waals surface area contributed by atoms with E-state index in [-0.39, 0.29) is 6.03 Å². The van der Waals surface area contributed by atoms with Crippen LogP contribution in [0.4, 0.5) is 4.79 Å². The molecule has 1 saturated heterocycles. The minimum absolute atomic E-state index is 0.296. The zero-order valence-corrected chi connectivity index (χ0v) is 12.1. The highest BCUT2D eigenvalue weighted by Gasteiger charge is 2.25. The van der Waals surface area contributed by atoms with Crippen molar-refractivity contribution in [2.75, 3.05) is 33.7 Å². The zero-order valence-electron chi connectivity index (χ0n) is 12.1. The molecule has 0 aromatic carbocycles. The number of nitrogens with zero attached hydrogens (tertiary/aromatic N) is 2.